The van der Waals surface area contributed by atoms with Gasteiger partial charge >= 0.3 is 0 Å². The zero-order valence-corrected chi connectivity index (χ0v) is 10.6. The number of hydrogen-bond acceptors (Lipinski definition) is 2. The van der Waals surface area contributed by atoms with Crippen LogP contribution >= 0.6 is 0 Å². The number of benzene rings is 1. The molecular formula is C17H14N2. The topological polar surface area (TPSA) is 25.2 Å². The van der Waals surface area contributed by atoms with Crippen molar-refractivity contribution in [3.63, 3.8) is 0 Å². The summed E-state index contributed by atoms with van der Waals surface area (Å²) in [4.78, 5) is 9.20. The minimum Gasteiger partial charge on any atom is -0.281 e. The SMILES string of the molecule is c1ccc2c(=NC3CC3)c3cnccc3ccc2c1. The van der Waals surface area contributed by atoms with Crippen molar-refractivity contribution in [1.29, 1.82) is 0 Å². The fourth-order valence-electron chi connectivity index (χ4n) is 2.46. The highest BCUT2D eigenvalue weighted by atomic mass is 14.8. The summed E-state index contributed by atoms with van der Waals surface area (Å²) in [7, 11) is 0. The molecule has 0 unspecified atom stereocenters. The van der Waals surface area contributed by atoms with Gasteiger partial charge in [-0.2, -0.15) is 0 Å². The molecule has 0 atom stereocenters. The molecule has 0 saturated heterocycles. The van der Waals surface area contributed by atoms with Crippen molar-refractivity contribution in [3.8, 4) is 0 Å². The van der Waals surface area contributed by atoms with Crippen LogP contribution in [-0.4, -0.2) is 11.0 Å². The van der Waals surface area contributed by atoms with Gasteiger partial charge in [0.2, 0.25) is 0 Å². The molecule has 1 saturated carbocycles. The molecular weight excluding hydrogens is 232 g/mol. The molecule has 1 aliphatic carbocycles. The van der Waals surface area contributed by atoms with Crippen molar-refractivity contribution in [1.82, 2.24) is 4.98 Å². The van der Waals surface area contributed by atoms with Gasteiger partial charge in [0.05, 0.1) is 11.4 Å². The van der Waals surface area contributed by atoms with E-state index in [0.29, 0.717) is 6.04 Å². The maximum atomic E-state index is 4.93. The van der Waals surface area contributed by atoms with Crippen LogP contribution in [0.5, 0.6) is 0 Å². The minimum atomic E-state index is 0.509. The quantitative estimate of drug-likeness (QED) is 0.645. The van der Waals surface area contributed by atoms with Crippen LogP contribution < -0.4 is 5.36 Å². The Kier molecular flexibility index (Phi) is 2.34. The van der Waals surface area contributed by atoms with Crippen molar-refractivity contribution in [2.45, 2.75) is 18.9 Å². The molecule has 0 spiro atoms. The van der Waals surface area contributed by atoms with Crippen molar-refractivity contribution in [2.75, 3.05) is 0 Å². The number of fused-ring (bicyclic) bond motifs is 2. The van der Waals surface area contributed by atoms with E-state index in [1.54, 1.807) is 0 Å². The molecule has 0 radical (unpaired) electrons. The molecule has 4 rings (SSSR count). The zero-order valence-electron chi connectivity index (χ0n) is 10.6. The summed E-state index contributed by atoms with van der Waals surface area (Å²) in [6.45, 7) is 0. The monoisotopic (exact) mass is 246 g/mol. The first-order chi connectivity index (χ1) is 9.42. The molecule has 1 aliphatic rings. The second-order valence-corrected chi connectivity index (χ2v) is 5.09. The van der Waals surface area contributed by atoms with Gasteiger partial charge in [-0.25, -0.2) is 0 Å². The van der Waals surface area contributed by atoms with E-state index in [1.807, 2.05) is 12.4 Å². The van der Waals surface area contributed by atoms with E-state index < -0.39 is 0 Å². The highest BCUT2D eigenvalue weighted by molar-refractivity contribution is 5.92. The van der Waals surface area contributed by atoms with Crippen LogP contribution in [0.25, 0.3) is 21.5 Å². The second kappa shape index (κ2) is 4.16. The number of hydrogen-bond donors (Lipinski definition) is 0. The van der Waals surface area contributed by atoms with E-state index in [9.17, 15) is 0 Å². The zero-order chi connectivity index (χ0) is 12.7. The lowest BCUT2D eigenvalue weighted by molar-refractivity contribution is 1.02. The molecule has 2 aromatic carbocycles. The second-order valence-electron chi connectivity index (χ2n) is 5.09. The maximum absolute atomic E-state index is 4.93. The Balaban J connectivity index is 2.28. The molecule has 3 aromatic rings. The van der Waals surface area contributed by atoms with Gasteiger partial charge in [0.25, 0.3) is 0 Å². The first kappa shape index (κ1) is 10.7. The number of aromatic nitrogens is 1. The fraction of sp³-hybridized carbons (Fsp3) is 0.176. The molecule has 92 valence electrons. The largest absolute Gasteiger partial charge is 0.281 e. The summed E-state index contributed by atoms with van der Waals surface area (Å²) in [5.41, 5.74) is 0. The molecule has 0 bridgehead atoms. The fourth-order valence-corrected chi connectivity index (χ4v) is 2.46. The highest BCUT2D eigenvalue weighted by Crippen LogP contribution is 2.24. The average Bonchev–Trinajstić information content (AvgIpc) is 3.28. The van der Waals surface area contributed by atoms with Crippen LogP contribution in [0.15, 0.2) is 59.9 Å². The predicted molar refractivity (Wildman–Crippen MR) is 77.8 cm³/mol. The molecule has 19 heavy (non-hydrogen) atoms. The molecule has 1 aromatic heterocycles. The third kappa shape index (κ3) is 1.89. The molecule has 2 heteroatoms. The molecule has 0 N–H and O–H groups in total. The van der Waals surface area contributed by atoms with E-state index in [4.69, 9.17) is 4.99 Å². The summed E-state index contributed by atoms with van der Waals surface area (Å²) in [6, 6.07) is 15.3. The third-order valence-corrected chi connectivity index (χ3v) is 3.63. The van der Waals surface area contributed by atoms with Crippen LogP contribution in [-0.2, 0) is 0 Å². The van der Waals surface area contributed by atoms with Crippen molar-refractivity contribution < 1.29 is 0 Å². The lowest BCUT2D eigenvalue weighted by Crippen LogP contribution is -2.04. The third-order valence-electron chi connectivity index (χ3n) is 3.63. The Labute approximate surface area is 111 Å². The van der Waals surface area contributed by atoms with E-state index in [2.05, 4.69) is 47.4 Å². The van der Waals surface area contributed by atoms with Crippen LogP contribution in [0, 0.1) is 0 Å². The van der Waals surface area contributed by atoms with E-state index in [-0.39, 0.29) is 0 Å². The van der Waals surface area contributed by atoms with Gasteiger partial charge in [-0.1, -0.05) is 36.4 Å². The lowest BCUT2D eigenvalue weighted by atomic mass is 10.1. The lowest BCUT2D eigenvalue weighted by Gasteiger charge is -1.95. The Hall–Kier alpha value is -2.22. The summed E-state index contributed by atoms with van der Waals surface area (Å²) in [5, 5.41) is 5.91. The Morgan fingerprint density at radius 2 is 1.68 bits per heavy atom. The van der Waals surface area contributed by atoms with E-state index in [1.165, 1.54) is 29.0 Å². The Morgan fingerprint density at radius 3 is 2.53 bits per heavy atom. The summed E-state index contributed by atoms with van der Waals surface area (Å²) < 4.78 is 0. The molecule has 0 amide bonds. The van der Waals surface area contributed by atoms with Gasteiger partial charge in [-0.05, 0) is 29.7 Å². The van der Waals surface area contributed by atoms with Crippen LogP contribution in [0.1, 0.15) is 12.8 Å². The standard InChI is InChI=1S/C17H14N2/c1-2-4-15-12(3-1)5-6-13-9-10-18-11-16(13)17(15)19-14-7-8-14/h1-6,9-11,14H,7-8H2. The van der Waals surface area contributed by atoms with Gasteiger partial charge in [0, 0.05) is 23.2 Å². The first-order valence-corrected chi connectivity index (χ1v) is 6.71. The minimum absolute atomic E-state index is 0.509. The van der Waals surface area contributed by atoms with E-state index >= 15 is 0 Å². The Bertz CT molecular complexity index is 771. The molecule has 1 heterocycles. The summed E-state index contributed by atoms with van der Waals surface area (Å²) in [5.74, 6) is 0. The normalized spacial score (nSPS) is 16.1. The number of nitrogens with zero attached hydrogens (tertiary/aromatic N) is 2. The van der Waals surface area contributed by atoms with Gasteiger partial charge in [-0.3, -0.25) is 9.98 Å². The van der Waals surface area contributed by atoms with Gasteiger partial charge in [-0.15, -0.1) is 0 Å². The van der Waals surface area contributed by atoms with Crippen molar-refractivity contribution >= 4 is 21.5 Å². The smallest absolute Gasteiger partial charge is 0.0749 e. The van der Waals surface area contributed by atoms with Crippen LogP contribution in [0.4, 0.5) is 0 Å². The van der Waals surface area contributed by atoms with Crippen LogP contribution in [0.3, 0.4) is 0 Å². The van der Waals surface area contributed by atoms with Crippen molar-refractivity contribution in [3.05, 3.63) is 60.2 Å². The van der Waals surface area contributed by atoms with Gasteiger partial charge in [0.15, 0.2) is 0 Å². The molecule has 2 nitrogen and oxygen atoms in total. The van der Waals surface area contributed by atoms with Gasteiger partial charge < -0.3 is 0 Å². The van der Waals surface area contributed by atoms with Gasteiger partial charge in [0.1, 0.15) is 0 Å². The van der Waals surface area contributed by atoms with Crippen molar-refractivity contribution in [2.24, 2.45) is 4.99 Å². The average molecular weight is 246 g/mol. The molecule has 0 aliphatic heterocycles. The predicted octanol–water partition coefficient (Wildman–Crippen LogP) is 3.45. The summed E-state index contributed by atoms with van der Waals surface area (Å²) >= 11 is 0. The number of pyridine rings is 1. The summed E-state index contributed by atoms with van der Waals surface area (Å²) in [6.07, 6.45) is 6.21. The molecule has 1 fully saturated rings. The number of rotatable bonds is 1. The first-order valence-electron chi connectivity index (χ1n) is 6.71. The Morgan fingerprint density at radius 1 is 0.895 bits per heavy atom. The highest BCUT2D eigenvalue weighted by Gasteiger charge is 2.19. The maximum Gasteiger partial charge on any atom is 0.0749 e. The van der Waals surface area contributed by atoms with Crippen LogP contribution in [0.2, 0.25) is 0 Å². The van der Waals surface area contributed by atoms with E-state index in [0.717, 1.165) is 10.7 Å².